The van der Waals surface area contributed by atoms with Crippen LogP contribution in [-0.2, 0) is 9.53 Å². The van der Waals surface area contributed by atoms with Crippen molar-refractivity contribution in [2.75, 3.05) is 12.4 Å². The first-order valence-electron chi connectivity index (χ1n) is 4.29. The van der Waals surface area contributed by atoms with Gasteiger partial charge in [-0.15, -0.1) is 0 Å². The average molecular weight is 190 g/mol. The third-order valence-electron chi connectivity index (χ3n) is 2.05. The van der Waals surface area contributed by atoms with Crippen LogP contribution < -0.4 is 5.32 Å². The van der Waals surface area contributed by atoms with E-state index in [0.29, 0.717) is 5.82 Å². The maximum Gasteiger partial charge on any atom is 0.332 e. The van der Waals surface area contributed by atoms with Crippen LogP contribution in [0.5, 0.6) is 0 Å². The van der Waals surface area contributed by atoms with E-state index in [0.717, 1.165) is 5.56 Å². The van der Waals surface area contributed by atoms with Gasteiger partial charge in [0.1, 0.15) is 11.9 Å². The van der Waals surface area contributed by atoms with E-state index in [-0.39, 0.29) is 5.97 Å². The lowest BCUT2D eigenvalue weighted by molar-refractivity contribution is -0.140. The van der Waals surface area contributed by atoms with Gasteiger partial charge in [0.05, 0.1) is 7.11 Å². The summed E-state index contributed by atoms with van der Waals surface area (Å²) in [7, 11) is 1.37. The zero-order valence-electron chi connectivity index (χ0n) is 7.73. The van der Waals surface area contributed by atoms with Crippen molar-refractivity contribution in [2.24, 2.45) is 0 Å². The average Bonchev–Trinajstić information content (AvgIpc) is 2.27. The summed E-state index contributed by atoms with van der Waals surface area (Å²) in [6, 6.07) is 3.35. The number of pyridine rings is 1. The number of carbonyl (C=O) groups is 1. The van der Waals surface area contributed by atoms with E-state index in [9.17, 15) is 4.79 Å². The van der Waals surface area contributed by atoms with Crippen molar-refractivity contribution in [1.82, 2.24) is 4.98 Å². The van der Waals surface area contributed by atoms with Crippen LogP contribution in [0, 0.1) is 0 Å². The topological polar surface area (TPSA) is 51.2 Å². The molecule has 4 heteroatoms. The monoisotopic (exact) mass is 190 g/mol. The van der Waals surface area contributed by atoms with Crippen LogP contribution in [0.4, 0.5) is 5.82 Å². The summed E-state index contributed by atoms with van der Waals surface area (Å²) < 4.78 is 4.62. The minimum atomic E-state index is -0.428. The summed E-state index contributed by atoms with van der Waals surface area (Å²) in [5.74, 6) is 0.406. The predicted octanol–water partition coefficient (Wildman–Crippen LogP) is 1.06. The fraction of sp³-hybridized carbons (Fsp3) is 0.200. The van der Waals surface area contributed by atoms with Crippen molar-refractivity contribution in [1.29, 1.82) is 0 Å². The maximum absolute atomic E-state index is 11.2. The van der Waals surface area contributed by atoms with Crippen LogP contribution in [0.15, 0.2) is 24.4 Å². The zero-order valence-corrected chi connectivity index (χ0v) is 7.73. The molecule has 0 fully saturated rings. The Bertz CT molecular complexity index is 387. The van der Waals surface area contributed by atoms with Crippen LogP contribution in [0.25, 0.3) is 6.08 Å². The highest BCUT2D eigenvalue weighted by Crippen LogP contribution is 2.19. The van der Waals surface area contributed by atoms with Crippen molar-refractivity contribution < 1.29 is 9.53 Å². The second kappa shape index (κ2) is 3.49. The number of carbonyl (C=O) groups excluding carboxylic acids is 1. The number of anilines is 1. The molecular weight excluding hydrogens is 180 g/mol. The SMILES string of the molecule is COC(=O)C1C=Cc2cccnc2N1. The lowest BCUT2D eigenvalue weighted by atomic mass is 10.1. The fourth-order valence-electron chi connectivity index (χ4n) is 1.33. The molecule has 1 unspecified atom stereocenters. The molecule has 1 N–H and O–H groups in total. The van der Waals surface area contributed by atoms with Gasteiger partial charge >= 0.3 is 5.97 Å². The number of rotatable bonds is 1. The lowest BCUT2D eigenvalue weighted by Gasteiger charge is -2.18. The Balaban J connectivity index is 2.25. The van der Waals surface area contributed by atoms with Crippen LogP contribution in [0.3, 0.4) is 0 Å². The first-order valence-corrected chi connectivity index (χ1v) is 4.29. The molecule has 0 radical (unpaired) electrons. The third-order valence-corrected chi connectivity index (χ3v) is 2.05. The molecule has 0 aliphatic carbocycles. The van der Waals surface area contributed by atoms with E-state index in [4.69, 9.17) is 0 Å². The molecule has 14 heavy (non-hydrogen) atoms. The molecule has 1 aromatic heterocycles. The number of aromatic nitrogens is 1. The highest BCUT2D eigenvalue weighted by atomic mass is 16.5. The lowest BCUT2D eigenvalue weighted by Crippen LogP contribution is -2.30. The van der Waals surface area contributed by atoms with E-state index in [1.807, 2.05) is 18.2 Å². The Kier molecular flexibility index (Phi) is 2.18. The first-order chi connectivity index (χ1) is 6.81. The second-order valence-electron chi connectivity index (χ2n) is 2.95. The first kappa shape index (κ1) is 8.74. The van der Waals surface area contributed by atoms with E-state index < -0.39 is 6.04 Å². The molecule has 0 saturated carbocycles. The molecule has 4 nitrogen and oxygen atoms in total. The van der Waals surface area contributed by atoms with Crippen LogP contribution in [0.1, 0.15) is 5.56 Å². The Hall–Kier alpha value is -1.84. The molecule has 2 heterocycles. The highest BCUT2D eigenvalue weighted by Gasteiger charge is 2.20. The molecule has 0 amide bonds. The van der Waals surface area contributed by atoms with Gasteiger partial charge in [0.15, 0.2) is 0 Å². The Morgan fingerprint density at radius 2 is 2.50 bits per heavy atom. The van der Waals surface area contributed by atoms with Gasteiger partial charge in [0, 0.05) is 11.8 Å². The van der Waals surface area contributed by atoms with E-state index in [1.54, 1.807) is 12.3 Å². The molecule has 1 aromatic rings. The third kappa shape index (κ3) is 1.46. The Labute approximate surface area is 81.6 Å². The molecule has 1 aliphatic rings. The number of methoxy groups -OCH3 is 1. The van der Waals surface area contributed by atoms with Gasteiger partial charge in [0.2, 0.25) is 0 Å². The molecule has 2 rings (SSSR count). The second-order valence-corrected chi connectivity index (χ2v) is 2.95. The van der Waals surface area contributed by atoms with Crippen molar-refractivity contribution >= 4 is 17.9 Å². The van der Waals surface area contributed by atoms with Gasteiger partial charge in [-0.3, -0.25) is 0 Å². The number of ether oxygens (including phenoxy) is 1. The zero-order chi connectivity index (χ0) is 9.97. The quantitative estimate of drug-likeness (QED) is 0.673. The normalized spacial score (nSPS) is 18.2. The van der Waals surface area contributed by atoms with Gasteiger partial charge in [-0.05, 0) is 12.1 Å². The Morgan fingerprint density at radius 1 is 1.64 bits per heavy atom. The number of fused-ring (bicyclic) bond motifs is 1. The summed E-state index contributed by atoms with van der Waals surface area (Å²) >= 11 is 0. The van der Waals surface area contributed by atoms with Gasteiger partial charge in [-0.1, -0.05) is 12.2 Å². The molecule has 72 valence electrons. The summed E-state index contributed by atoms with van der Waals surface area (Å²) in [6.07, 6.45) is 5.30. The van der Waals surface area contributed by atoms with Gasteiger partial charge in [-0.25, -0.2) is 9.78 Å². The smallest absolute Gasteiger partial charge is 0.332 e. The molecule has 0 aromatic carbocycles. The van der Waals surface area contributed by atoms with Crippen LogP contribution in [0.2, 0.25) is 0 Å². The van der Waals surface area contributed by atoms with Gasteiger partial charge in [0.25, 0.3) is 0 Å². The molecule has 0 bridgehead atoms. The standard InChI is InChI=1S/C10H10N2O2/c1-14-10(13)8-5-4-7-3-2-6-11-9(7)12-8/h2-6,8H,1H3,(H,11,12). The summed E-state index contributed by atoms with van der Waals surface area (Å²) in [5.41, 5.74) is 0.979. The minimum absolute atomic E-state index is 0.308. The van der Waals surface area contributed by atoms with Crippen molar-refractivity contribution in [2.45, 2.75) is 6.04 Å². The highest BCUT2D eigenvalue weighted by molar-refractivity contribution is 5.86. The Morgan fingerprint density at radius 3 is 3.29 bits per heavy atom. The molecule has 1 aliphatic heterocycles. The number of hydrogen-bond donors (Lipinski definition) is 1. The van der Waals surface area contributed by atoms with Crippen LogP contribution in [-0.4, -0.2) is 24.1 Å². The number of esters is 1. The van der Waals surface area contributed by atoms with Crippen molar-refractivity contribution in [3.8, 4) is 0 Å². The van der Waals surface area contributed by atoms with E-state index >= 15 is 0 Å². The van der Waals surface area contributed by atoms with E-state index in [2.05, 4.69) is 15.0 Å². The van der Waals surface area contributed by atoms with Gasteiger partial charge in [-0.2, -0.15) is 0 Å². The molecular formula is C10H10N2O2. The van der Waals surface area contributed by atoms with Gasteiger partial charge < -0.3 is 10.1 Å². The predicted molar refractivity (Wildman–Crippen MR) is 52.7 cm³/mol. The summed E-state index contributed by atoms with van der Waals surface area (Å²) in [5, 5.41) is 2.98. The number of nitrogens with one attached hydrogen (secondary N) is 1. The van der Waals surface area contributed by atoms with Crippen LogP contribution >= 0.6 is 0 Å². The fourth-order valence-corrected chi connectivity index (χ4v) is 1.33. The van der Waals surface area contributed by atoms with Crippen molar-refractivity contribution in [3.05, 3.63) is 30.0 Å². The van der Waals surface area contributed by atoms with Crippen molar-refractivity contribution in [3.63, 3.8) is 0 Å². The van der Waals surface area contributed by atoms with E-state index in [1.165, 1.54) is 7.11 Å². The summed E-state index contributed by atoms with van der Waals surface area (Å²) in [6.45, 7) is 0. The number of hydrogen-bond acceptors (Lipinski definition) is 4. The molecule has 0 saturated heterocycles. The molecule has 0 spiro atoms. The number of nitrogens with zero attached hydrogens (tertiary/aromatic N) is 1. The summed E-state index contributed by atoms with van der Waals surface area (Å²) in [4.78, 5) is 15.3. The largest absolute Gasteiger partial charge is 0.467 e. The molecule has 1 atom stereocenters. The minimum Gasteiger partial charge on any atom is -0.467 e. The maximum atomic E-state index is 11.2.